The monoisotopic (exact) mass is 358 g/mol. The molecule has 0 heterocycles. The van der Waals surface area contributed by atoms with Crippen LogP contribution in [0.5, 0.6) is 5.75 Å². The quantitative estimate of drug-likeness (QED) is 0.380. The van der Waals surface area contributed by atoms with Crippen molar-refractivity contribution in [2.45, 2.75) is 40.0 Å². The van der Waals surface area contributed by atoms with Crippen LogP contribution in [-0.4, -0.2) is 55.8 Å². The van der Waals surface area contributed by atoms with Gasteiger partial charge in [-0.25, -0.2) is 0 Å². The van der Waals surface area contributed by atoms with Gasteiger partial charge >= 0.3 is 5.97 Å². The van der Waals surface area contributed by atoms with Crippen LogP contribution in [0, 0.1) is 0 Å². The number of hydrogen-bond acceptors (Lipinski definition) is 6. The van der Waals surface area contributed by atoms with Crippen LogP contribution in [0.4, 0.5) is 0 Å². The maximum Gasteiger partial charge on any atom is 0.311 e. The van der Waals surface area contributed by atoms with Crippen molar-refractivity contribution in [3.05, 3.63) is 30.3 Å². The van der Waals surface area contributed by atoms with Crippen molar-refractivity contribution in [3.63, 3.8) is 0 Å². The number of benzene rings is 1. The van der Waals surface area contributed by atoms with Gasteiger partial charge in [0, 0.05) is 19.6 Å². The Morgan fingerprint density at radius 3 is 1.88 bits per heavy atom. The summed E-state index contributed by atoms with van der Waals surface area (Å²) in [5.74, 6) is 0.483. The summed E-state index contributed by atoms with van der Waals surface area (Å²) in [6.07, 6.45) is 2.42. The normalized spacial score (nSPS) is 9.32. The van der Waals surface area contributed by atoms with Crippen molar-refractivity contribution in [3.8, 4) is 5.75 Å². The van der Waals surface area contributed by atoms with Gasteiger partial charge < -0.3 is 24.4 Å². The summed E-state index contributed by atoms with van der Waals surface area (Å²) in [4.78, 5) is 11.1. The van der Waals surface area contributed by atoms with E-state index in [1.54, 1.807) is 12.1 Å². The molecule has 6 heteroatoms. The number of aliphatic hydroxyl groups is 2. The van der Waals surface area contributed by atoms with E-state index in [0.717, 1.165) is 26.1 Å². The van der Waals surface area contributed by atoms with Crippen LogP contribution >= 0.6 is 0 Å². The molecule has 0 spiro atoms. The second-order valence-corrected chi connectivity index (χ2v) is 4.73. The molecule has 0 saturated heterocycles. The Morgan fingerprint density at radius 2 is 1.48 bits per heavy atom. The van der Waals surface area contributed by atoms with Crippen molar-refractivity contribution in [2.24, 2.45) is 0 Å². The minimum atomic E-state index is -0.145. The number of esters is 1. The van der Waals surface area contributed by atoms with Crippen LogP contribution in [0.25, 0.3) is 0 Å². The first-order chi connectivity index (χ1) is 12.2. The molecule has 6 nitrogen and oxygen atoms in total. The highest BCUT2D eigenvalue weighted by atomic mass is 16.5. The topological polar surface area (TPSA) is 85.2 Å². The van der Waals surface area contributed by atoms with Gasteiger partial charge in [0.25, 0.3) is 0 Å². The van der Waals surface area contributed by atoms with E-state index >= 15 is 0 Å². The molecule has 0 bridgehead atoms. The summed E-state index contributed by atoms with van der Waals surface area (Å²) in [5, 5.41) is 16.2. The molecule has 25 heavy (non-hydrogen) atoms. The van der Waals surface area contributed by atoms with Gasteiger partial charge in [0.05, 0.1) is 26.4 Å². The molecule has 0 aliphatic carbocycles. The number of aliphatic hydroxyl groups excluding tert-OH is 2. The van der Waals surface area contributed by atoms with Crippen LogP contribution in [0.3, 0.4) is 0 Å². The Labute approximate surface area is 151 Å². The van der Waals surface area contributed by atoms with E-state index in [0.29, 0.717) is 25.4 Å². The summed E-state index contributed by atoms with van der Waals surface area (Å²) in [6, 6.07) is 9.15. The van der Waals surface area contributed by atoms with Crippen molar-refractivity contribution >= 4 is 5.97 Å². The first-order valence-corrected chi connectivity index (χ1v) is 8.79. The first kappa shape index (κ1) is 25.8. The number of ether oxygens (including phenoxy) is 3. The third-order valence-electron chi connectivity index (χ3n) is 2.59. The van der Waals surface area contributed by atoms with E-state index in [9.17, 15) is 4.79 Å². The first-order valence-electron chi connectivity index (χ1n) is 8.79. The van der Waals surface area contributed by atoms with E-state index in [1.165, 1.54) is 0 Å². The van der Waals surface area contributed by atoms with E-state index in [4.69, 9.17) is 19.7 Å². The summed E-state index contributed by atoms with van der Waals surface area (Å²) in [5.41, 5.74) is 0. The van der Waals surface area contributed by atoms with Crippen LogP contribution in [0.2, 0.25) is 0 Å². The molecule has 0 unspecified atom stereocenters. The molecule has 0 amide bonds. The second-order valence-electron chi connectivity index (χ2n) is 4.73. The predicted octanol–water partition coefficient (Wildman–Crippen LogP) is 2.81. The van der Waals surface area contributed by atoms with E-state index in [-0.39, 0.29) is 19.2 Å². The molecule has 0 atom stereocenters. The van der Waals surface area contributed by atoms with Crippen molar-refractivity contribution < 1.29 is 29.2 Å². The lowest BCUT2D eigenvalue weighted by Crippen LogP contribution is -2.06. The zero-order chi connectivity index (χ0) is 19.2. The van der Waals surface area contributed by atoms with Crippen LogP contribution < -0.4 is 4.74 Å². The Bertz CT molecular complexity index is 363. The Balaban J connectivity index is 0. The Morgan fingerprint density at radius 1 is 0.920 bits per heavy atom. The third kappa shape index (κ3) is 22.5. The summed E-state index contributed by atoms with van der Waals surface area (Å²) >= 11 is 0. The number of para-hydroxylation sites is 1. The zero-order valence-corrected chi connectivity index (χ0v) is 15.8. The van der Waals surface area contributed by atoms with Gasteiger partial charge in [-0.15, -0.1) is 0 Å². The smallest absolute Gasteiger partial charge is 0.311 e. The zero-order valence-electron chi connectivity index (χ0n) is 15.8. The molecule has 2 N–H and O–H groups in total. The highest BCUT2D eigenvalue weighted by Gasteiger charge is 2.02. The van der Waals surface area contributed by atoms with Crippen molar-refractivity contribution in [1.29, 1.82) is 0 Å². The van der Waals surface area contributed by atoms with E-state index in [2.05, 4.69) is 11.7 Å². The molecule has 0 saturated carbocycles. The number of hydrogen-bond donors (Lipinski definition) is 2. The molecular weight excluding hydrogens is 324 g/mol. The molecule has 0 fully saturated rings. The maximum atomic E-state index is 11.1. The third-order valence-corrected chi connectivity index (χ3v) is 2.59. The van der Waals surface area contributed by atoms with Gasteiger partial charge in [0.15, 0.2) is 0 Å². The molecule has 1 rings (SSSR count). The molecule has 0 aliphatic heterocycles. The average Bonchev–Trinajstić information content (AvgIpc) is 2.63. The van der Waals surface area contributed by atoms with Gasteiger partial charge in [0.1, 0.15) is 5.75 Å². The van der Waals surface area contributed by atoms with Crippen molar-refractivity contribution in [1.82, 2.24) is 0 Å². The van der Waals surface area contributed by atoms with Crippen LogP contribution in [-0.2, 0) is 14.3 Å². The molecule has 1 aromatic rings. The SMILES string of the molecule is CCCCC(=O)Oc1ccccc1.CCOCC.OCCOCCO. The summed E-state index contributed by atoms with van der Waals surface area (Å²) in [7, 11) is 0. The van der Waals surface area contributed by atoms with Gasteiger partial charge in [-0.3, -0.25) is 4.79 Å². The van der Waals surface area contributed by atoms with Crippen LogP contribution in [0.1, 0.15) is 40.0 Å². The number of rotatable bonds is 10. The second kappa shape index (κ2) is 22.5. The van der Waals surface area contributed by atoms with E-state index in [1.807, 2.05) is 32.0 Å². The van der Waals surface area contributed by atoms with Crippen molar-refractivity contribution in [2.75, 3.05) is 39.6 Å². The molecular formula is C19H34O6. The van der Waals surface area contributed by atoms with E-state index < -0.39 is 0 Å². The average molecular weight is 358 g/mol. The Hall–Kier alpha value is -1.47. The summed E-state index contributed by atoms with van der Waals surface area (Å²) in [6.45, 7) is 8.41. The molecule has 1 aromatic carbocycles. The predicted molar refractivity (Wildman–Crippen MR) is 98.8 cm³/mol. The molecule has 0 radical (unpaired) electrons. The maximum absolute atomic E-state index is 11.1. The minimum Gasteiger partial charge on any atom is -0.427 e. The molecule has 0 aromatic heterocycles. The van der Waals surface area contributed by atoms with Gasteiger partial charge in [0.2, 0.25) is 0 Å². The van der Waals surface area contributed by atoms with Gasteiger partial charge in [-0.1, -0.05) is 31.5 Å². The highest BCUT2D eigenvalue weighted by molar-refractivity contribution is 5.72. The summed E-state index contributed by atoms with van der Waals surface area (Å²) < 4.78 is 14.5. The lowest BCUT2D eigenvalue weighted by atomic mass is 10.2. The fourth-order valence-electron chi connectivity index (χ4n) is 1.43. The number of carbonyl (C=O) groups is 1. The van der Waals surface area contributed by atoms with Crippen LogP contribution in [0.15, 0.2) is 30.3 Å². The number of unbranched alkanes of at least 4 members (excludes halogenated alkanes) is 1. The Kier molecular flexibility index (Phi) is 23.2. The molecule has 146 valence electrons. The standard InChI is InChI=1S/C11H14O2.C4H10O3.C4H10O/c1-2-3-9-11(12)13-10-7-5-4-6-8-10;5-1-3-7-4-2-6;1-3-5-4-2/h4-8H,2-3,9H2,1H3;5-6H,1-4H2;3-4H2,1-2H3. The lowest BCUT2D eigenvalue weighted by Gasteiger charge is -2.02. The highest BCUT2D eigenvalue weighted by Crippen LogP contribution is 2.09. The molecule has 0 aliphatic rings. The largest absolute Gasteiger partial charge is 0.427 e. The lowest BCUT2D eigenvalue weighted by molar-refractivity contribution is -0.134. The van der Waals surface area contributed by atoms with Gasteiger partial charge in [-0.2, -0.15) is 0 Å². The number of carbonyl (C=O) groups excluding carboxylic acids is 1. The fourth-order valence-corrected chi connectivity index (χ4v) is 1.43. The fraction of sp³-hybridized carbons (Fsp3) is 0.632. The minimum absolute atomic E-state index is 0.0278. The van der Waals surface area contributed by atoms with Gasteiger partial charge in [-0.05, 0) is 32.4 Å².